The molecule has 0 radical (unpaired) electrons. The van der Waals surface area contributed by atoms with E-state index in [0.717, 1.165) is 28.7 Å². The lowest BCUT2D eigenvalue weighted by Gasteiger charge is -2.05. The van der Waals surface area contributed by atoms with Crippen molar-refractivity contribution in [3.63, 3.8) is 0 Å². The highest BCUT2D eigenvalue weighted by molar-refractivity contribution is 7.99. The fraction of sp³-hybridized carbons (Fsp3) is 0.444. The summed E-state index contributed by atoms with van der Waals surface area (Å²) in [5.41, 5.74) is 2.88. The molecule has 1 N–H and O–H groups in total. The van der Waals surface area contributed by atoms with Crippen LogP contribution in [0.25, 0.3) is 0 Å². The number of carboxylic acid groups (broad SMARTS) is 1. The van der Waals surface area contributed by atoms with Gasteiger partial charge in [-0.2, -0.15) is 0 Å². The highest BCUT2D eigenvalue weighted by atomic mass is 32.2. The zero-order chi connectivity index (χ0) is 10.7. The first-order valence-corrected chi connectivity index (χ1v) is 5.15. The Morgan fingerprint density at radius 2 is 1.79 bits per heavy atom. The number of aromatic nitrogens is 2. The monoisotopic (exact) mass is 212 g/mol. The quantitative estimate of drug-likeness (QED) is 0.608. The molecule has 0 saturated carbocycles. The molecule has 0 aliphatic rings. The Hall–Kier alpha value is -1.10. The lowest BCUT2D eigenvalue weighted by Crippen LogP contribution is -2.02. The molecular weight excluding hydrogens is 200 g/mol. The van der Waals surface area contributed by atoms with Crippen LogP contribution in [0.15, 0.2) is 5.16 Å². The number of carboxylic acids is 1. The van der Waals surface area contributed by atoms with Gasteiger partial charge in [-0.25, -0.2) is 9.97 Å². The van der Waals surface area contributed by atoms with E-state index in [1.54, 1.807) is 0 Å². The average Bonchev–Trinajstić information content (AvgIpc) is 2.10. The standard InChI is InChI=1S/C9H12N2O2S/c1-5-6(2)10-9(11-7(5)3)14-4-8(12)13/h4H2,1-3H3,(H,12,13). The van der Waals surface area contributed by atoms with E-state index in [-0.39, 0.29) is 5.75 Å². The number of hydrogen-bond donors (Lipinski definition) is 1. The van der Waals surface area contributed by atoms with E-state index in [2.05, 4.69) is 9.97 Å². The van der Waals surface area contributed by atoms with E-state index in [9.17, 15) is 4.79 Å². The number of rotatable bonds is 3. The molecule has 4 nitrogen and oxygen atoms in total. The number of aryl methyl sites for hydroxylation is 2. The average molecular weight is 212 g/mol. The third kappa shape index (κ3) is 2.70. The number of hydrogen-bond acceptors (Lipinski definition) is 4. The molecule has 76 valence electrons. The summed E-state index contributed by atoms with van der Waals surface area (Å²) in [7, 11) is 0. The molecule has 14 heavy (non-hydrogen) atoms. The van der Waals surface area contributed by atoms with Crippen molar-refractivity contribution >= 4 is 17.7 Å². The minimum atomic E-state index is -0.852. The molecule has 0 aromatic carbocycles. The summed E-state index contributed by atoms with van der Waals surface area (Å²) < 4.78 is 0. The predicted molar refractivity (Wildman–Crippen MR) is 54.6 cm³/mol. The Bertz CT molecular complexity index is 343. The van der Waals surface area contributed by atoms with Crippen LogP contribution in [0.5, 0.6) is 0 Å². The fourth-order valence-electron chi connectivity index (χ4n) is 0.932. The van der Waals surface area contributed by atoms with Crippen LogP contribution in [0.3, 0.4) is 0 Å². The van der Waals surface area contributed by atoms with Crippen molar-refractivity contribution < 1.29 is 9.90 Å². The number of aliphatic carboxylic acids is 1. The molecule has 0 bridgehead atoms. The molecule has 0 atom stereocenters. The van der Waals surface area contributed by atoms with Gasteiger partial charge in [0.05, 0.1) is 5.75 Å². The summed E-state index contributed by atoms with van der Waals surface area (Å²) in [4.78, 5) is 18.7. The van der Waals surface area contributed by atoms with Crippen LogP contribution in [0.1, 0.15) is 17.0 Å². The number of nitrogens with zero attached hydrogens (tertiary/aromatic N) is 2. The normalized spacial score (nSPS) is 10.2. The second-order valence-corrected chi connectivity index (χ2v) is 3.93. The Morgan fingerprint density at radius 1 is 1.29 bits per heavy atom. The summed E-state index contributed by atoms with van der Waals surface area (Å²) in [6.07, 6.45) is 0. The summed E-state index contributed by atoms with van der Waals surface area (Å²) in [5.74, 6) is -0.850. The highest BCUT2D eigenvalue weighted by Crippen LogP contribution is 2.16. The first-order chi connectivity index (χ1) is 6.50. The second-order valence-electron chi connectivity index (χ2n) is 2.98. The summed E-state index contributed by atoms with van der Waals surface area (Å²) in [6.45, 7) is 5.75. The van der Waals surface area contributed by atoms with E-state index in [1.807, 2.05) is 20.8 Å². The van der Waals surface area contributed by atoms with Crippen LogP contribution in [-0.4, -0.2) is 26.8 Å². The topological polar surface area (TPSA) is 63.1 Å². The molecule has 0 fully saturated rings. The fourth-order valence-corrected chi connectivity index (χ4v) is 1.59. The molecule has 0 unspecified atom stereocenters. The summed E-state index contributed by atoms with van der Waals surface area (Å²) in [6, 6.07) is 0. The first-order valence-electron chi connectivity index (χ1n) is 4.17. The van der Waals surface area contributed by atoms with Gasteiger partial charge in [0.2, 0.25) is 0 Å². The van der Waals surface area contributed by atoms with Crippen molar-refractivity contribution in [3.8, 4) is 0 Å². The molecule has 0 saturated heterocycles. The van der Waals surface area contributed by atoms with Crippen LogP contribution < -0.4 is 0 Å². The lowest BCUT2D eigenvalue weighted by atomic mass is 10.2. The van der Waals surface area contributed by atoms with Crippen LogP contribution in [0, 0.1) is 20.8 Å². The van der Waals surface area contributed by atoms with Crippen LogP contribution in [0.2, 0.25) is 0 Å². The molecule has 1 aromatic heterocycles. The van der Waals surface area contributed by atoms with Crippen molar-refractivity contribution in [2.24, 2.45) is 0 Å². The van der Waals surface area contributed by atoms with Crippen molar-refractivity contribution in [2.75, 3.05) is 5.75 Å². The van der Waals surface area contributed by atoms with E-state index >= 15 is 0 Å². The van der Waals surface area contributed by atoms with Gasteiger partial charge in [-0.1, -0.05) is 11.8 Å². The van der Waals surface area contributed by atoms with Crippen LogP contribution in [-0.2, 0) is 4.79 Å². The first kappa shape index (κ1) is 11.0. The van der Waals surface area contributed by atoms with E-state index in [0.29, 0.717) is 5.16 Å². The van der Waals surface area contributed by atoms with Gasteiger partial charge in [0.1, 0.15) is 0 Å². The zero-order valence-corrected chi connectivity index (χ0v) is 9.18. The third-order valence-corrected chi connectivity index (χ3v) is 2.77. The maximum Gasteiger partial charge on any atom is 0.313 e. The van der Waals surface area contributed by atoms with Gasteiger partial charge >= 0.3 is 5.97 Å². The highest BCUT2D eigenvalue weighted by Gasteiger charge is 2.06. The molecule has 1 rings (SSSR count). The second kappa shape index (κ2) is 4.41. The largest absolute Gasteiger partial charge is 0.481 e. The van der Waals surface area contributed by atoms with Crippen molar-refractivity contribution in [1.29, 1.82) is 0 Å². The van der Waals surface area contributed by atoms with E-state index in [1.165, 1.54) is 0 Å². The van der Waals surface area contributed by atoms with Gasteiger partial charge in [-0.3, -0.25) is 4.79 Å². The Kier molecular flexibility index (Phi) is 3.46. The molecular formula is C9H12N2O2S. The van der Waals surface area contributed by atoms with Gasteiger partial charge in [-0.05, 0) is 26.3 Å². The zero-order valence-electron chi connectivity index (χ0n) is 8.37. The van der Waals surface area contributed by atoms with Crippen LogP contribution >= 0.6 is 11.8 Å². The molecule has 0 amide bonds. The minimum absolute atomic E-state index is 0.00193. The predicted octanol–water partition coefficient (Wildman–Crippen LogP) is 1.58. The van der Waals surface area contributed by atoms with E-state index in [4.69, 9.17) is 5.11 Å². The minimum Gasteiger partial charge on any atom is -0.481 e. The summed E-state index contributed by atoms with van der Waals surface area (Å²) in [5, 5.41) is 9.03. The van der Waals surface area contributed by atoms with Gasteiger partial charge in [0.15, 0.2) is 5.16 Å². The maximum absolute atomic E-state index is 10.3. The Balaban J connectivity index is 2.84. The molecule has 1 heterocycles. The van der Waals surface area contributed by atoms with Gasteiger partial charge in [0.25, 0.3) is 0 Å². The molecule has 1 aromatic rings. The Morgan fingerprint density at radius 3 is 2.21 bits per heavy atom. The summed E-state index contributed by atoms with van der Waals surface area (Å²) >= 11 is 1.14. The molecule has 0 spiro atoms. The smallest absolute Gasteiger partial charge is 0.313 e. The lowest BCUT2D eigenvalue weighted by molar-refractivity contribution is -0.133. The maximum atomic E-state index is 10.3. The van der Waals surface area contributed by atoms with Crippen molar-refractivity contribution in [3.05, 3.63) is 17.0 Å². The number of carbonyl (C=O) groups is 1. The molecule has 0 aliphatic carbocycles. The third-order valence-electron chi connectivity index (χ3n) is 1.94. The molecule has 5 heteroatoms. The van der Waals surface area contributed by atoms with Crippen molar-refractivity contribution in [2.45, 2.75) is 25.9 Å². The molecule has 0 aliphatic heterocycles. The van der Waals surface area contributed by atoms with Gasteiger partial charge in [-0.15, -0.1) is 0 Å². The SMILES string of the molecule is Cc1nc(SCC(=O)O)nc(C)c1C. The van der Waals surface area contributed by atoms with E-state index < -0.39 is 5.97 Å². The Labute approximate surface area is 86.8 Å². The van der Waals surface area contributed by atoms with Gasteiger partial charge < -0.3 is 5.11 Å². The van der Waals surface area contributed by atoms with Gasteiger partial charge in [0, 0.05) is 11.4 Å². The van der Waals surface area contributed by atoms with Crippen LogP contribution in [0.4, 0.5) is 0 Å². The number of thioether (sulfide) groups is 1. The van der Waals surface area contributed by atoms with Crippen molar-refractivity contribution in [1.82, 2.24) is 9.97 Å².